The Bertz CT molecular complexity index is 292. The molecule has 0 atom stereocenters. The van der Waals surface area contributed by atoms with E-state index in [4.69, 9.17) is 9.47 Å². The van der Waals surface area contributed by atoms with E-state index in [1.165, 1.54) is 6.92 Å². The van der Waals surface area contributed by atoms with Crippen molar-refractivity contribution in [2.75, 3.05) is 13.2 Å². The summed E-state index contributed by atoms with van der Waals surface area (Å²) in [5, 5.41) is 0. The van der Waals surface area contributed by atoms with Gasteiger partial charge < -0.3 is 14.2 Å². The van der Waals surface area contributed by atoms with E-state index < -0.39 is 5.97 Å². The first-order valence-corrected chi connectivity index (χ1v) is 6.17. The number of hydrogen-bond donors (Lipinski definition) is 0. The van der Waals surface area contributed by atoms with E-state index >= 15 is 0 Å². The van der Waals surface area contributed by atoms with Crippen LogP contribution in [0.15, 0.2) is 12.8 Å². The highest BCUT2D eigenvalue weighted by Gasteiger charge is 2.23. The van der Waals surface area contributed by atoms with Crippen LogP contribution in [0.25, 0.3) is 0 Å². The van der Waals surface area contributed by atoms with Gasteiger partial charge in [0.05, 0.1) is 19.0 Å². The monoisotopic (exact) mass is 256 g/mol. The van der Waals surface area contributed by atoms with E-state index in [2.05, 4.69) is 11.3 Å². The molecule has 0 aromatic rings. The third-order valence-electron chi connectivity index (χ3n) is 2.97. The van der Waals surface area contributed by atoms with Crippen LogP contribution in [0.4, 0.5) is 0 Å². The number of rotatable bonds is 6. The molecule has 1 aliphatic rings. The van der Waals surface area contributed by atoms with Crippen molar-refractivity contribution in [2.24, 2.45) is 5.92 Å². The summed E-state index contributed by atoms with van der Waals surface area (Å²) in [4.78, 5) is 21.7. The van der Waals surface area contributed by atoms with Crippen molar-refractivity contribution in [3.05, 3.63) is 12.8 Å². The molecule has 1 rings (SSSR count). The predicted molar refractivity (Wildman–Crippen MR) is 64.6 cm³/mol. The van der Waals surface area contributed by atoms with Crippen molar-refractivity contribution in [3.63, 3.8) is 0 Å². The lowest BCUT2D eigenvalue weighted by molar-refractivity contribution is -0.147. The summed E-state index contributed by atoms with van der Waals surface area (Å²) in [5.74, 6) is -0.249. The van der Waals surface area contributed by atoms with E-state index in [1.54, 1.807) is 0 Å². The van der Waals surface area contributed by atoms with Crippen LogP contribution in [0.3, 0.4) is 0 Å². The summed E-state index contributed by atoms with van der Waals surface area (Å²) < 4.78 is 15.0. The molecule has 0 unspecified atom stereocenters. The summed E-state index contributed by atoms with van der Waals surface area (Å²) in [6, 6.07) is 0. The highest BCUT2D eigenvalue weighted by atomic mass is 16.6. The Labute approximate surface area is 107 Å². The molecule has 0 spiro atoms. The second-order valence-electron chi connectivity index (χ2n) is 4.41. The Morgan fingerprint density at radius 1 is 1.28 bits per heavy atom. The third kappa shape index (κ3) is 5.82. The lowest BCUT2D eigenvalue weighted by Gasteiger charge is -2.27. The van der Waals surface area contributed by atoms with Crippen LogP contribution in [0, 0.1) is 5.92 Å². The van der Waals surface area contributed by atoms with Gasteiger partial charge in [0.15, 0.2) is 0 Å². The molecule has 1 saturated carbocycles. The van der Waals surface area contributed by atoms with Crippen molar-refractivity contribution in [1.29, 1.82) is 0 Å². The zero-order valence-electron chi connectivity index (χ0n) is 10.7. The van der Waals surface area contributed by atoms with Crippen LogP contribution in [0.1, 0.15) is 32.6 Å². The van der Waals surface area contributed by atoms with E-state index in [0.717, 1.165) is 31.9 Å². The number of carbonyl (C=O) groups is 2. The van der Waals surface area contributed by atoms with Gasteiger partial charge in [0, 0.05) is 6.92 Å². The van der Waals surface area contributed by atoms with E-state index in [9.17, 15) is 9.59 Å². The molecule has 1 fully saturated rings. The van der Waals surface area contributed by atoms with Gasteiger partial charge >= 0.3 is 11.9 Å². The molecule has 0 N–H and O–H groups in total. The molecular weight excluding hydrogens is 236 g/mol. The van der Waals surface area contributed by atoms with Gasteiger partial charge in [0.2, 0.25) is 0 Å². The Hall–Kier alpha value is -1.36. The smallest absolute Gasteiger partial charge is 0.336 e. The van der Waals surface area contributed by atoms with Crippen LogP contribution in [0.5, 0.6) is 0 Å². The van der Waals surface area contributed by atoms with Gasteiger partial charge in [-0.15, -0.1) is 0 Å². The second-order valence-corrected chi connectivity index (χ2v) is 4.41. The molecule has 102 valence electrons. The van der Waals surface area contributed by atoms with Gasteiger partial charge in [-0.25, -0.2) is 4.79 Å². The molecule has 18 heavy (non-hydrogen) atoms. The molecule has 0 amide bonds. The minimum absolute atomic E-state index is 0.0364. The Balaban J connectivity index is 2.13. The summed E-state index contributed by atoms with van der Waals surface area (Å²) in [7, 11) is 0. The van der Waals surface area contributed by atoms with Crippen LogP contribution in [-0.4, -0.2) is 31.3 Å². The van der Waals surface area contributed by atoms with Gasteiger partial charge in [-0.3, -0.25) is 4.79 Å². The van der Waals surface area contributed by atoms with Gasteiger partial charge in [0.25, 0.3) is 0 Å². The lowest BCUT2D eigenvalue weighted by Crippen LogP contribution is -2.26. The average Bonchev–Trinajstić information content (AvgIpc) is 2.35. The van der Waals surface area contributed by atoms with Crippen LogP contribution in [-0.2, 0) is 23.8 Å². The molecule has 0 aliphatic heterocycles. The zero-order valence-corrected chi connectivity index (χ0v) is 10.7. The molecule has 5 nitrogen and oxygen atoms in total. The minimum Gasteiger partial charge on any atom is -0.466 e. The molecule has 0 aromatic heterocycles. The van der Waals surface area contributed by atoms with Gasteiger partial charge in [0.1, 0.15) is 6.61 Å². The summed E-state index contributed by atoms with van der Waals surface area (Å²) in [5.41, 5.74) is 0. The first-order chi connectivity index (χ1) is 8.61. The van der Waals surface area contributed by atoms with Crippen LogP contribution in [0.2, 0.25) is 0 Å². The maximum atomic E-state index is 11.1. The lowest BCUT2D eigenvalue weighted by atomic mass is 9.88. The van der Waals surface area contributed by atoms with Crippen molar-refractivity contribution >= 4 is 11.9 Å². The molecule has 0 saturated heterocycles. The highest BCUT2D eigenvalue weighted by Crippen LogP contribution is 2.26. The van der Waals surface area contributed by atoms with Crippen LogP contribution < -0.4 is 0 Å². The Morgan fingerprint density at radius 3 is 2.50 bits per heavy atom. The first kappa shape index (κ1) is 14.7. The number of carbonyl (C=O) groups excluding carboxylic acids is 2. The molecule has 0 radical (unpaired) electrons. The molecule has 0 heterocycles. The SMILES string of the molecule is C=COC(=O)COC1CCC(COC(C)=O)CC1. The molecule has 0 aromatic carbocycles. The summed E-state index contributed by atoms with van der Waals surface area (Å²) in [6.45, 7) is 5.17. The maximum Gasteiger partial charge on any atom is 0.336 e. The van der Waals surface area contributed by atoms with Crippen molar-refractivity contribution in [2.45, 2.75) is 38.7 Å². The topological polar surface area (TPSA) is 61.8 Å². The molecule has 1 aliphatic carbocycles. The zero-order chi connectivity index (χ0) is 13.4. The number of ether oxygens (including phenoxy) is 3. The standard InChI is InChI=1S/C13H20O5/c1-3-16-13(15)9-18-12-6-4-11(5-7-12)8-17-10(2)14/h3,11-12H,1,4-9H2,2H3. The molecule has 0 bridgehead atoms. The molecular formula is C13H20O5. The predicted octanol–water partition coefficient (Wildman–Crippen LogP) is 1.81. The van der Waals surface area contributed by atoms with Gasteiger partial charge in [-0.1, -0.05) is 6.58 Å². The Kier molecular flexibility index (Phi) is 6.43. The average molecular weight is 256 g/mol. The summed E-state index contributed by atoms with van der Waals surface area (Å²) in [6.07, 6.45) is 4.86. The second kappa shape index (κ2) is 7.87. The Morgan fingerprint density at radius 2 is 1.94 bits per heavy atom. The molecule has 5 heteroatoms. The fraction of sp³-hybridized carbons (Fsp3) is 0.692. The fourth-order valence-electron chi connectivity index (χ4n) is 2.01. The van der Waals surface area contributed by atoms with Gasteiger partial charge in [-0.05, 0) is 31.6 Å². The van der Waals surface area contributed by atoms with E-state index in [0.29, 0.717) is 12.5 Å². The fourth-order valence-corrected chi connectivity index (χ4v) is 2.01. The van der Waals surface area contributed by atoms with Crippen molar-refractivity contribution in [1.82, 2.24) is 0 Å². The van der Waals surface area contributed by atoms with E-state index in [-0.39, 0.29) is 18.7 Å². The van der Waals surface area contributed by atoms with Gasteiger partial charge in [-0.2, -0.15) is 0 Å². The first-order valence-electron chi connectivity index (χ1n) is 6.17. The maximum absolute atomic E-state index is 11.1. The van der Waals surface area contributed by atoms with Crippen molar-refractivity contribution < 1.29 is 23.8 Å². The van der Waals surface area contributed by atoms with Crippen LogP contribution >= 0.6 is 0 Å². The summed E-state index contributed by atoms with van der Waals surface area (Å²) >= 11 is 0. The van der Waals surface area contributed by atoms with Crippen molar-refractivity contribution in [3.8, 4) is 0 Å². The highest BCUT2D eigenvalue weighted by molar-refractivity contribution is 5.71. The normalized spacial score (nSPS) is 23.2. The number of hydrogen-bond acceptors (Lipinski definition) is 5. The number of esters is 2. The van der Waals surface area contributed by atoms with E-state index in [1.807, 2.05) is 0 Å². The minimum atomic E-state index is -0.424. The third-order valence-corrected chi connectivity index (χ3v) is 2.97. The quantitative estimate of drug-likeness (QED) is 0.535. The largest absolute Gasteiger partial charge is 0.466 e.